The zero-order valence-corrected chi connectivity index (χ0v) is 10.9. The van der Waals surface area contributed by atoms with E-state index in [2.05, 4.69) is 17.5 Å². The first-order valence-electron chi connectivity index (χ1n) is 5.78. The predicted molar refractivity (Wildman–Crippen MR) is 63.5 cm³/mol. The van der Waals surface area contributed by atoms with E-state index in [9.17, 15) is 0 Å². The van der Waals surface area contributed by atoms with Crippen LogP contribution in [-0.2, 0) is 9.47 Å². The largest absolute Gasteiger partial charge is 0.362 e. The molecule has 5 heteroatoms. The van der Waals surface area contributed by atoms with E-state index in [1.54, 1.807) is 13.8 Å². The highest BCUT2D eigenvalue weighted by Gasteiger charge is 2.10. The minimum absolute atomic E-state index is 0.117. The van der Waals surface area contributed by atoms with Crippen LogP contribution in [-0.4, -0.2) is 25.7 Å². The van der Waals surface area contributed by atoms with Crippen molar-refractivity contribution in [1.29, 1.82) is 10.5 Å². The Morgan fingerprint density at radius 2 is 1.24 bits per heavy atom. The van der Waals surface area contributed by atoms with Crippen molar-refractivity contribution in [2.45, 2.75) is 40.2 Å². The summed E-state index contributed by atoms with van der Waals surface area (Å²) >= 11 is 0. The first-order chi connectivity index (χ1) is 7.99. The van der Waals surface area contributed by atoms with E-state index in [1.165, 1.54) is 0 Å². The maximum absolute atomic E-state index is 8.60. The summed E-state index contributed by atoms with van der Waals surface area (Å²) in [4.78, 5) is 0. The lowest BCUT2D eigenvalue weighted by molar-refractivity contribution is -0.0386. The van der Waals surface area contributed by atoms with Crippen LogP contribution in [0.4, 0.5) is 0 Å². The molecule has 4 atom stereocenters. The van der Waals surface area contributed by atoms with Crippen molar-refractivity contribution in [1.82, 2.24) is 5.32 Å². The van der Waals surface area contributed by atoms with Gasteiger partial charge in [0.25, 0.3) is 0 Å². The van der Waals surface area contributed by atoms with Crippen molar-refractivity contribution in [2.75, 3.05) is 13.2 Å². The van der Waals surface area contributed by atoms with E-state index < -0.39 is 0 Å². The summed E-state index contributed by atoms with van der Waals surface area (Å²) in [6, 6.07) is 4.20. The third kappa shape index (κ3) is 8.65. The molecule has 96 valence electrons. The van der Waals surface area contributed by atoms with E-state index >= 15 is 0 Å². The normalized spacial score (nSPS) is 17.5. The topological polar surface area (TPSA) is 78.1 Å². The Kier molecular flexibility index (Phi) is 8.35. The van der Waals surface area contributed by atoms with Gasteiger partial charge in [0.1, 0.15) is 12.5 Å². The molecular weight excluding hydrogens is 218 g/mol. The predicted octanol–water partition coefficient (Wildman–Crippen LogP) is 1.62. The van der Waals surface area contributed by atoms with Crippen LogP contribution in [0.1, 0.15) is 27.7 Å². The van der Waals surface area contributed by atoms with Gasteiger partial charge in [-0.25, -0.2) is 0 Å². The average Bonchev–Trinajstić information content (AvgIpc) is 2.32. The summed E-state index contributed by atoms with van der Waals surface area (Å²) in [5.74, 6) is -0.233. The van der Waals surface area contributed by atoms with E-state index in [0.29, 0.717) is 13.2 Å². The van der Waals surface area contributed by atoms with Gasteiger partial charge in [-0.15, -0.1) is 0 Å². The van der Waals surface area contributed by atoms with Crippen molar-refractivity contribution >= 4 is 0 Å². The first-order valence-corrected chi connectivity index (χ1v) is 5.78. The molecular formula is C12H21N3O2. The summed E-state index contributed by atoms with van der Waals surface area (Å²) in [7, 11) is 0. The molecule has 0 aromatic rings. The summed E-state index contributed by atoms with van der Waals surface area (Å²) in [6.45, 7) is 8.12. The summed E-state index contributed by atoms with van der Waals surface area (Å²) in [6.07, 6.45) is -0.364. The lowest BCUT2D eigenvalue weighted by atomic mass is 10.2. The van der Waals surface area contributed by atoms with Gasteiger partial charge in [0.05, 0.1) is 37.2 Å². The zero-order valence-electron chi connectivity index (χ0n) is 10.9. The van der Waals surface area contributed by atoms with Crippen LogP contribution < -0.4 is 5.32 Å². The molecule has 5 nitrogen and oxygen atoms in total. The van der Waals surface area contributed by atoms with Crippen molar-refractivity contribution in [2.24, 2.45) is 11.8 Å². The Labute approximate surface area is 103 Å². The number of nitriles is 2. The third-order valence-corrected chi connectivity index (χ3v) is 2.10. The van der Waals surface area contributed by atoms with Gasteiger partial charge in [0, 0.05) is 0 Å². The van der Waals surface area contributed by atoms with Gasteiger partial charge in [-0.05, 0) is 27.7 Å². The van der Waals surface area contributed by atoms with Crippen LogP contribution in [0.3, 0.4) is 0 Å². The summed E-state index contributed by atoms with van der Waals surface area (Å²) in [5, 5.41) is 20.3. The van der Waals surface area contributed by atoms with E-state index in [4.69, 9.17) is 20.0 Å². The van der Waals surface area contributed by atoms with Gasteiger partial charge in [-0.3, -0.25) is 5.32 Å². The SMILES string of the molecule is CC(C#N)COC(C)NC(C)OCC(C)C#N. The highest BCUT2D eigenvalue weighted by molar-refractivity contribution is 4.78. The fourth-order valence-corrected chi connectivity index (χ4v) is 1.08. The Morgan fingerprint density at radius 3 is 1.53 bits per heavy atom. The standard InChI is InChI=1S/C12H21N3O2/c1-9(5-13)7-16-11(3)15-12(4)17-8-10(2)6-14/h9-12,15H,7-8H2,1-4H3. The molecule has 0 aromatic carbocycles. The van der Waals surface area contributed by atoms with Gasteiger partial charge in [-0.2, -0.15) is 10.5 Å². The average molecular weight is 239 g/mol. The van der Waals surface area contributed by atoms with E-state index in [0.717, 1.165) is 0 Å². The molecule has 0 aliphatic carbocycles. The molecule has 0 heterocycles. The van der Waals surface area contributed by atoms with Crippen LogP contribution in [0.5, 0.6) is 0 Å². The fourth-order valence-electron chi connectivity index (χ4n) is 1.08. The van der Waals surface area contributed by atoms with Gasteiger partial charge >= 0.3 is 0 Å². The van der Waals surface area contributed by atoms with E-state index in [1.807, 2.05) is 13.8 Å². The van der Waals surface area contributed by atoms with Gasteiger partial charge < -0.3 is 9.47 Å². The molecule has 0 radical (unpaired) electrons. The molecule has 0 bridgehead atoms. The number of nitrogens with one attached hydrogen (secondary N) is 1. The lowest BCUT2D eigenvalue weighted by Gasteiger charge is -2.21. The van der Waals surface area contributed by atoms with Crippen molar-refractivity contribution in [3.8, 4) is 12.1 Å². The van der Waals surface area contributed by atoms with Gasteiger partial charge in [-0.1, -0.05) is 0 Å². The summed E-state index contributed by atoms with van der Waals surface area (Å²) in [5.41, 5.74) is 0. The van der Waals surface area contributed by atoms with Gasteiger partial charge in [0.15, 0.2) is 0 Å². The van der Waals surface area contributed by atoms with E-state index in [-0.39, 0.29) is 24.3 Å². The molecule has 0 aliphatic heterocycles. The molecule has 0 rings (SSSR count). The second-order valence-electron chi connectivity index (χ2n) is 4.18. The van der Waals surface area contributed by atoms with Crippen LogP contribution in [0.25, 0.3) is 0 Å². The molecule has 1 N–H and O–H groups in total. The maximum atomic E-state index is 8.60. The third-order valence-electron chi connectivity index (χ3n) is 2.10. The molecule has 0 aromatic heterocycles. The molecule has 4 unspecified atom stereocenters. The smallest absolute Gasteiger partial charge is 0.107 e. The van der Waals surface area contributed by atoms with Crippen LogP contribution in [0.15, 0.2) is 0 Å². The number of nitrogens with zero attached hydrogens (tertiary/aromatic N) is 2. The minimum atomic E-state index is -0.182. The second-order valence-corrected chi connectivity index (χ2v) is 4.18. The second kappa shape index (κ2) is 8.95. The van der Waals surface area contributed by atoms with Crippen LogP contribution in [0, 0.1) is 34.5 Å². The molecule has 17 heavy (non-hydrogen) atoms. The molecule has 0 spiro atoms. The monoisotopic (exact) mass is 239 g/mol. The fraction of sp³-hybridized carbons (Fsp3) is 0.833. The Bertz CT molecular complexity index is 254. The van der Waals surface area contributed by atoms with Gasteiger partial charge in [0.2, 0.25) is 0 Å². The van der Waals surface area contributed by atoms with Crippen LogP contribution in [0.2, 0.25) is 0 Å². The number of hydrogen-bond donors (Lipinski definition) is 1. The van der Waals surface area contributed by atoms with Crippen molar-refractivity contribution in [3.63, 3.8) is 0 Å². The first kappa shape index (κ1) is 15.9. The quantitative estimate of drug-likeness (QED) is 0.651. The minimum Gasteiger partial charge on any atom is -0.362 e. The Morgan fingerprint density at radius 1 is 0.882 bits per heavy atom. The van der Waals surface area contributed by atoms with Crippen LogP contribution >= 0.6 is 0 Å². The number of hydrogen-bond acceptors (Lipinski definition) is 5. The van der Waals surface area contributed by atoms with Crippen molar-refractivity contribution in [3.05, 3.63) is 0 Å². The highest BCUT2D eigenvalue weighted by Crippen LogP contribution is 1.99. The Hall–Kier alpha value is -1.14. The summed E-state index contributed by atoms with van der Waals surface area (Å²) < 4.78 is 10.8. The highest BCUT2D eigenvalue weighted by atomic mass is 16.5. The number of ether oxygens (including phenoxy) is 2. The lowest BCUT2D eigenvalue weighted by Crippen LogP contribution is -2.39. The molecule has 0 amide bonds. The number of rotatable bonds is 8. The molecule has 0 aliphatic rings. The maximum Gasteiger partial charge on any atom is 0.107 e. The molecule has 0 fully saturated rings. The Balaban J connectivity index is 3.70. The zero-order chi connectivity index (χ0) is 13.3. The molecule has 0 saturated carbocycles. The van der Waals surface area contributed by atoms with Crippen molar-refractivity contribution < 1.29 is 9.47 Å². The molecule has 0 saturated heterocycles.